The maximum absolute atomic E-state index is 12.8. The van der Waals surface area contributed by atoms with Crippen molar-refractivity contribution in [3.8, 4) is 0 Å². The molecule has 0 aromatic carbocycles. The number of nitrogens with zero attached hydrogens (tertiary/aromatic N) is 5. The number of imidazole rings is 1. The molecule has 0 radical (unpaired) electrons. The quantitative estimate of drug-likeness (QED) is 0.737. The molecule has 1 aliphatic rings. The Labute approximate surface area is 146 Å². The fourth-order valence-electron chi connectivity index (χ4n) is 3.49. The van der Waals surface area contributed by atoms with Gasteiger partial charge in [0.1, 0.15) is 11.5 Å². The summed E-state index contributed by atoms with van der Waals surface area (Å²) in [6.45, 7) is 5.38. The van der Waals surface area contributed by atoms with Gasteiger partial charge < -0.3 is 9.30 Å². The number of carbonyl (C=O) groups is 1. The number of hydrogen-bond donors (Lipinski definition) is 0. The van der Waals surface area contributed by atoms with Crippen molar-refractivity contribution in [3.63, 3.8) is 0 Å². The lowest BCUT2D eigenvalue weighted by molar-refractivity contribution is -0.129. The topological polar surface area (TPSA) is 63.4 Å². The third-order valence-corrected chi connectivity index (χ3v) is 4.87. The molecule has 3 aromatic heterocycles. The first-order chi connectivity index (χ1) is 12.1. The zero-order chi connectivity index (χ0) is 17.4. The molecule has 1 amide bonds. The summed E-state index contributed by atoms with van der Waals surface area (Å²) in [5.74, 6) is 1.22. The number of carbonyl (C=O) groups excluding carboxylic acids is 1. The molecule has 4 heterocycles. The number of hydrogen-bond acceptors (Lipinski definition) is 4. The van der Waals surface area contributed by atoms with E-state index in [0.29, 0.717) is 13.0 Å². The van der Waals surface area contributed by atoms with Crippen molar-refractivity contribution < 1.29 is 4.79 Å². The van der Waals surface area contributed by atoms with Gasteiger partial charge in [0.25, 0.3) is 0 Å². The van der Waals surface area contributed by atoms with Crippen molar-refractivity contribution in [2.75, 3.05) is 13.1 Å². The lowest BCUT2D eigenvalue weighted by atomic mass is 10.1. The van der Waals surface area contributed by atoms with Crippen LogP contribution in [-0.4, -0.2) is 43.2 Å². The Morgan fingerprint density at radius 1 is 1.24 bits per heavy atom. The summed E-state index contributed by atoms with van der Waals surface area (Å²) in [7, 11) is 0. The molecule has 0 N–H and O–H groups in total. The largest absolute Gasteiger partial charge is 0.342 e. The molecule has 25 heavy (non-hydrogen) atoms. The second kappa shape index (κ2) is 6.27. The summed E-state index contributed by atoms with van der Waals surface area (Å²) in [4.78, 5) is 28.2. The first kappa shape index (κ1) is 15.7. The highest BCUT2D eigenvalue weighted by atomic mass is 16.2. The average Bonchev–Trinajstić information content (AvgIpc) is 3.21. The molecule has 0 bridgehead atoms. The van der Waals surface area contributed by atoms with Crippen LogP contribution < -0.4 is 0 Å². The van der Waals surface area contributed by atoms with Gasteiger partial charge in [0.2, 0.25) is 5.91 Å². The predicted molar refractivity (Wildman–Crippen MR) is 94.3 cm³/mol. The predicted octanol–water partition coefficient (Wildman–Crippen LogP) is 2.30. The van der Waals surface area contributed by atoms with E-state index in [0.717, 1.165) is 41.5 Å². The van der Waals surface area contributed by atoms with E-state index in [-0.39, 0.29) is 11.8 Å². The van der Waals surface area contributed by atoms with Crippen LogP contribution in [0.2, 0.25) is 0 Å². The van der Waals surface area contributed by atoms with Gasteiger partial charge in [-0.25, -0.2) is 15.0 Å². The molecule has 6 heteroatoms. The summed E-state index contributed by atoms with van der Waals surface area (Å²) < 4.78 is 2.00. The van der Waals surface area contributed by atoms with E-state index in [1.807, 2.05) is 53.6 Å². The van der Waals surface area contributed by atoms with E-state index < -0.39 is 0 Å². The van der Waals surface area contributed by atoms with Crippen LogP contribution in [0.25, 0.3) is 5.65 Å². The van der Waals surface area contributed by atoms with Crippen LogP contribution in [0.15, 0.2) is 36.7 Å². The van der Waals surface area contributed by atoms with Crippen molar-refractivity contribution in [2.24, 2.45) is 0 Å². The Hall–Kier alpha value is -2.76. The van der Waals surface area contributed by atoms with Crippen LogP contribution in [0.3, 0.4) is 0 Å². The highest BCUT2D eigenvalue weighted by molar-refractivity contribution is 5.79. The van der Waals surface area contributed by atoms with E-state index >= 15 is 0 Å². The number of aromatic nitrogens is 4. The van der Waals surface area contributed by atoms with Crippen LogP contribution in [0.5, 0.6) is 0 Å². The molecule has 1 unspecified atom stereocenters. The number of amides is 1. The van der Waals surface area contributed by atoms with Crippen molar-refractivity contribution >= 4 is 11.6 Å². The zero-order valence-corrected chi connectivity index (χ0v) is 14.5. The van der Waals surface area contributed by atoms with Crippen molar-refractivity contribution in [1.82, 2.24) is 24.3 Å². The lowest BCUT2D eigenvalue weighted by Crippen LogP contribution is -2.30. The summed E-state index contributed by atoms with van der Waals surface area (Å²) in [6, 6.07) is 7.78. The second-order valence-corrected chi connectivity index (χ2v) is 6.63. The van der Waals surface area contributed by atoms with Gasteiger partial charge in [0.15, 0.2) is 0 Å². The maximum Gasteiger partial charge on any atom is 0.228 e. The maximum atomic E-state index is 12.8. The van der Waals surface area contributed by atoms with Gasteiger partial charge >= 0.3 is 0 Å². The molecular formula is C19H21N5O. The zero-order valence-electron chi connectivity index (χ0n) is 14.5. The molecule has 4 rings (SSSR count). The Balaban J connectivity index is 1.49. The van der Waals surface area contributed by atoms with Crippen LogP contribution in [-0.2, 0) is 11.2 Å². The van der Waals surface area contributed by atoms with E-state index in [4.69, 9.17) is 0 Å². The number of aryl methyl sites for hydroxylation is 2. The first-order valence-corrected chi connectivity index (χ1v) is 8.61. The minimum Gasteiger partial charge on any atom is -0.342 e. The Kier molecular flexibility index (Phi) is 3.95. The van der Waals surface area contributed by atoms with Crippen LogP contribution in [0.1, 0.15) is 35.2 Å². The smallest absolute Gasteiger partial charge is 0.228 e. The monoisotopic (exact) mass is 335 g/mol. The minimum atomic E-state index is 0.143. The molecular weight excluding hydrogens is 314 g/mol. The SMILES string of the molecule is Cc1ccnc(C2CCN(C(=O)Cc3c(C)nc4ccccn34)C2)n1. The number of likely N-dealkylation sites (tertiary alicyclic amines) is 1. The van der Waals surface area contributed by atoms with Gasteiger partial charge in [0, 0.05) is 37.1 Å². The number of rotatable bonds is 3. The first-order valence-electron chi connectivity index (χ1n) is 8.61. The molecule has 1 aliphatic heterocycles. The van der Waals surface area contributed by atoms with Crippen molar-refractivity contribution in [2.45, 2.75) is 32.6 Å². The molecule has 0 spiro atoms. The van der Waals surface area contributed by atoms with Crippen LogP contribution >= 0.6 is 0 Å². The summed E-state index contributed by atoms with van der Waals surface area (Å²) >= 11 is 0. The van der Waals surface area contributed by atoms with Gasteiger partial charge in [0.05, 0.1) is 17.8 Å². The van der Waals surface area contributed by atoms with E-state index in [1.54, 1.807) is 6.20 Å². The van der Waals surface area contributed by atoms with Gasteiger partial charge in [-0.05, 0) is 38.5 Å². The number of fused-ring (bicyclic) bond motifs is 1. The molecule has 0 aliphatic carbocycles. The average molecular weight is 335 g/mol. The minimum absolute atomic E-state index is 0.143. The molecule has 1 fully saturated rings. The third kappa shape index (κ3) is 2.99. The summed E-state index contributed by atoms with van der Waals surface area (Å²) in [5, 5.41) is 0. The molecule has 128 valence electrons. The highest BCUT2D eigenvalue weighted by Gasteiger charge is 2.29. The molecule has 1 atom stereocenters. The Morgan fingerprint density at radius 3 is 2.96 bits per heavy atom. The highest BCUT2D eigenvalue weighted by Crippen LogP contribution is 2.25. The fourth-order valence-corrected chi connectivity index (χ4v) is 3.49. The van der Waals surface area contributed by atoms with Gasteiger partial charge in [-0.15, -0.1) is 0 Å². The molecule has 3 aromatic rings. The molecule has 6 nitrogen and oxygen atoms in total. The van der Waals surface area contributed by atoms with Gasteiger partial charge in [-0.2, -0.15) is 0 Å². The summed E-state index contributed by atoms with van der Waals surface area (Å²) in [5.41, 5.74) is 3.74. The van der Waals surface area contributed by atoms with Crippen molar-refractivity contribution in [3.05, 3.63) is 59.6 Å². The third-order valence-electron chi connectivity index (χ3n) is 4.87. The number of pyridine rings is 1. The van der Waals surface area contributed by atoms with Gasteiger partial charge in [-0.3, -0.25) is 4.79 Å². The van der Waals surface area contributed by atoms with Crippen LogP contribution in [0, 0.1) is 13.8 Å². The lowest BCUT2D eigenvalue weighted by Gasteiger charge is -2.16. The molecule has 0 saturated carbocycles. The standard InChI is InChI=1S/C19H21N5O/c1-13-6-8-20-19(21-13)15-7-10-23(12-15)18(25)11-16-14(2)22-17-5-3-4-9-24(16)17/h3-6,8-9,15H,7,10-12H2,1-2H3. The van der Waals surface area contributed by atoms with Gasteiger partial charge in [-0.1, -0.05) is 6.07 Å². The fraction of sp³-hybridized carbons (Fsp3) is 0.368. The summed E-state index contributed by atoms with van der Waals surface area (Å²) in [6.07, 6.45) is 5.05. The molecule has 1 saturated heterocycles. The van der Waals surface area contributed by atoms with E-state index in [9.17, 15) is 4.79 Å². The second-order valence-electron chi connectivity index (χ2n) is 6.63. The Bertz CT molecular complexity index is 932. The van der Waals surface area contributed by atoms with Crippen molar-refractivity contribution in [1.29, 1.82) is 0 Å². The van der Waals surface area contributed by atoms with E-state index in [1.165, 1.54) is 0 Å². The van der Waals surface area contributed by atoms with Crippen LogP contribution in [0.4, 0.5) is 0 Å². The van der Waals surface area contributed by atoms with E-state index in [2.05, 4.69) is 15.0 Å². The normalized spacial score (nSPS) is 17.4. The Morgan fingerprint density at radius 2 is 2.12 bits per heavy atom.